The van der Waals surface area contributed by atoms with E-state index in [0.29, 0.717) is 6.61 Å². The first-order valence-corrected chi connectivity index (χ1v) is 14.8. The number of benzene rings is 2. The van der Waals surface area contributed by atoms with Crippen molar-refractivity contribution in [3.8, 4) is 23.3 Å². The molecule has 2 aromatic rings. The molecule has 0 fully saturated rings. The second-order valence-electron chi connectivity index (χ2n) is 8.75. The van der Waals surface area contributed by atoms with Gasteiger partial charge in [0.2, 0.25) is 0 Å². The van der Waals surface area contributed by atoms with Crippen molar-refractivity contribution in [1.29, 1.82) is 0 Å². The highest BCUT2D eigenvalue weighted by Gasteiger charge is 2.49. The van der Waals surface area contributed by atoms with Gasteiger partial charge in [-0.1, -0.05) is 107 Å². The summed E-state index contributed by atoms with van der Waals surface area (Å²) < 4.78 is 6.71. The highest BCUT2D eigenvalue weighted by molar-refractivity contribution is 6.99. The molecule has 0 aliphatic rings. The Hall–Kier alpha value is -2.05. The van der Waals surface area contributed by atoms with Crippen molar-refractivity contribution in [2.24, 2.45) is 0 Å². The summed E-state index contributed by atoms with van der Waals surface area (Å²) in [6.45, 7) is 13.9. The van der Waals surface area contributed by atoms with Crippen LogP contribution in [0.4, 0.5) is 0 Å². The summed E-state index contributed by atoms with van der Waals surface area (Å²) in [6.07, 6.45) is 0. The zero-order valence-corrected chi connectivity index (χ0v) is 19.4. The van der Waals surface area contributed by atoms with E-state index in [2.05, 4.69) is 124 Å². The second kappa shape index (κ2) is 8.76. The zero-order valence-electron chi connectivity index (χ0n) is 17.4. The van der Waals surface area contributed by atoms with Gasteiger partial charge in [-0.15, -0.1) is 5.54 Å². The summed E-state index contributed by atoms with van der Waals surface area (Å²) >= 11 is 0. The van der Waals surface area contributed by atoms with E-state index >= 15 is 0 Å². The number of rotatable bonds is 4. The smallest absolute Gasteiger partial charge is 0.262 e. The Balaban J connectivity index is 2.44. The summed E-state index contributed by atoms with van der Waals surface area (Å²) in [4.78, 5) is 0. The summed E-state index contributed by atoms with van der Waals surface area (Å²) in [5.41, 5.74) is 3.28. The van der Waals surface area contributed by atoms with E-state index in [9.17, 15) is 0 Å². The number of hydrogen-bond acceptors (Lipinski definition) is 1. The molecular weight excluding hydrogens is 360 g/mol. The molecule has 0 N–H and O–H groups in total. The topological polar surface area (TPSA) is 9.23 Å². The third-order valence-corrected chi connectivity index (χ3v) is 10.2. The lowest BCUT2D eigenvalue weighted by Gasteiger charge is -2.42. The Morgan fingerprint density at radius 1 is 0.778 bits per heavy atom. The quantitative estimate of drug-likeness (QED) is 0.554. The monoisotopic (exact) mass is 390 g/mol. The van der Waals surface area contributed by atoms with E-state index in [4.69, 9.17) is 4.43 Å². The van der Waals surface area contributed by atoms with Crippen LogP contribution in [0.15, 0.2) is 60.7 Å². The highest BCUT2D eigenvalue weighted by atomic mass is 28.4. The van der Waals surface area contributed by atoms with Gasteiger partial charge in [-0.25, -0.2) is 0 Å². The molecule has 0 aliphatic carbocycles. The first kappa shape index (κ1) is 21.3. The van der Waals surface area contributed by atoms with E-state index in [-0.39, 0.29) is 5.04 Å². The summed E-state index contributed by atoms with van der Waals surface area (Å²) in [5, 5.41) is 2.53. The average molecular weight is 391 g/mol. The van der Waals surface area contributed by atoms with Gasteiger partial charge in [0.15, 0.2) is 0 Å². The van der Waals surface area contributed by atoms with Crippen LogP contribution in [0.25, 0.3) is 0 Å². The Morgan fingerprint density at radius 2 is 1.26 bits per heavy atom. The lowest BCUT2D eigenvalue weighted by atomic mass is 10.2. The largest absolute Gasteiger partial charge is 0.396 e. The van der Waals surface area contributed by atoms with Crippen LogP contribution in [0.5, 0.6) is 0 Å². The van der Waals surface area contributed by atoms with Crippen molar-refractivity contribution in [1.82, 2.24) is 0 Å². The summed E-state index contributed by atoms with van der Waals surface area (Å²) in [6, 6.07) is 21.3. The highest BCUT2D eigenvalue weighted by Crippen LogP contribution is 2.36. The predicted octanol–water partition coefficient (Wildman–Crippen LogP) is 4.45. The van der Waals surface area contributed by atoms with Crippen LogP contribution < -0.4 is 10.4 Å². The number of hydrogen-bond donors (Lipinski definition) is 0. The van der Waals surface area contributed by atoms with Crippen molar-refractivity contribution in [3.63, 3.8) is 0 Å². The van der Waals surface area contributed by atoms with Gasteiger partial charge in [-0.2, -0.15) is 0 Å². The van der Waals surface area contributed by atoms with Crippen molar-refractivity contribution in [2.75, 3.05) is 6.61 Å². The van der Waals surface area contributed by atoms with Crippen LogP contribution in [0.3, 0.4) is 0 Å². The maximum absolute atomic E-state index is 6.71. The molecule has 0 spiro atoms. The Morgan fingerprint density at radius 3 is 1.67 bits per heavy atom. The third-order valence-electron chi connectivity index (χ3n) is 4.37. The molecule has 27 heavy (non-hydrogen) atoms. The molecule has 0 heterocycles. The average Bonchev–Trinajstić information content (AvgIpc) is 2.61. The normalized spacial score (nSPS) is 11.8. The molecule has 0 amide bonds. The van der Waals surface area contributed by atoms with Crippen LogP contribution in [0, 0.1) is 23.3 Å². The van der Waals surface area contributed by atoms with Crippen molar-refractivity contribution in [3.05, 3.63) is 60.7 Å². The van der Waals surface area contributed by atoms with Crippen LogP contribution in [-0.2, 0) is 4.43 Å². The SMILES string of the molecule is CC(C)(C)[Si](OCC#CC#C[Si](C)(C)C)(c1ccccc1)c1ccccc1. The van der Waals surface area contributed by atoms with Gasteiger partial charge in [0, 0.05) is 0 Å². The first-order chi connectivity index (χ1) is 12.7. The fraction of sp³-hybridized carbons (Fsp3) is 0.333. The van der Waals surface area contributed by atoms with Crippen molar-refractivity contribution >= 4 is 26.8 Å². The zero-order chi connectivity index (χ0) is 20.0. The van der Waals surface area contributed by atoms with Crippen molar-refractivity contribution in [2.45, 2.75) is 45.5 Å². The van der Waals surface area contributed by atoms with Crippen LogP contribution >= 0.6 is 0 Å². The van der Waals surface area contributed by atoms with Gasteiger partial charge in [0.1, 0.15) is 8.07 Å². The van der Waals surface area contributed by atoms with E-state index in [1.165, 1.54) is 10.4 Å². The Kier molecular flexibility index (Phi) is 6.90. The lowest BCUT2D eigenvalue weighted by Crippen LogP contribution is -2.66. The molecule has 0 bridgehead atoms. The van der Waals surface area contributed by atoms with Gasteiger partial charge in [-0.05, 0) is 27.3 Å². The van der Waals surface area contributed by atoms with E-state index < -0.39 is 16.4 Å². The molecular formula is C24H30OSi2. The van der Waals surface area contributed by atoms with Gasteiger partial charge in [0.25, 0.3) is 8.32 Å². The molecule has 0 saturated heterocycles. The molecule has 140 valence electrons. The maximum atomic E-state index is 6.71. The van der Waals surface area contributed by atoms with E-state index in [1.54, 1.807) is 0 Å². The molecule has 3 heteroatoms. The van der Waals surface area contributed by atoms with Crippen LogP contribution in [-0.4, -0.2) is 23.0 Å². The molecule has 0 aliphatic heterocycles. The second-order valence-corrected chi connectivity index (χ2v) is 17.8. The summed E-state index contributed by atoms with van der Waals surface area (Å²) in [7, 11) is -3.87. The molecule has 0 radical (unpaired) electrons. The fourth-order valence-corrected chi connectivity index (χ4v) is 8.09. The van der Waals surface area contributed by atoms with Crippen LogP contribution in [0.2, 0.25) is 24.7 Å². The molecule has 0 aromatic heterocycles. The molecule has 1 nitrogen and oxygen atoms in total. The minimum absolute atomic E-state index is 0.0264. The summed E-state index contributed by atoms with van der Waals surface area (Å²) in [5.74, 6) is 9.14. The molecule has 0 unspecified atom stereocenters. The third kappa shape index (κ3) is 5.47. The van der Waals surface area contributed by atoms with Gasteiger partial charge < -0.3 is 4.43 Å². The molecule has 0 saturated carbocycles. The van der Waals surface area contributed by atoms with Crippen molar-refractivity contribution < 1.29 is 4.43 Å². The van der Waals surface area contributed by atoms with Gasteiger partial charge >= 0.3 is 0 Å². The first-order valence-electron chi connectivity index (χ1n) is 9.42. The van der Waals surface area contributed by atoms with Crippen LogP contribution in [0.1, 0.15) is 20.8 Å². The standard InChI is InChI=1S/C24H30OSi2/c1-24(2,3)27(22-16-10-7-11-17-22,23-18-12-8-13-19-23)25-20-14-9-15-21-26(4,5)6/h7-8,10-13,16-19H,20H2,1-6H3. The molecule has 2 aromatic carbocycles. The van der Waals surface area contributed by atoms with E-state index in [1.807, 2.05) is 0 Å². The van der Waals surface area contributed by atoms with E-state index in [0.717, 1.165) is 0 Å². The predicted molar refractivity (Wildman–Crippen MR) is 122 cm³/mol. The molecule has 0 atom stereocenters. The molecule has 2 rings (SSSR count). The lowest BCUT2D eigenvalue weighted by molar-refractivity contribution is 0.346. The Labute approximate surface area is 167 Å². The Bertz CT molecular complexity index is 812. The minimum atomic E-state index is -2.49. The van der Waals surface area contributed by atoms with Gasteiger partial charge in [-0.3, -0.25) is 0 Å². The minimum Gasteiger partial charge on any atom is -0.396 e. The van der Waals surface area contributed by atoms with Gasteiger partial charge in [0.05, 0.1) is 6.61 Å². The fourth-order valence-electron chi connectivity index (χ4n) is 3.20. The maximum Gasteiger partial charge on any atom is 0.262 e.